The molecule has 1 aliphatic rings. The van der Waals surface area contributed by atoms with Crippen LogP contribution in [0, 0.1) is 0 Å². The van der Waals surface area contributed by atoms with E-state index < -0.39 is 0 Å². The number of para-hydroxylation sites is 1. The van der Waals surface area contributed by atoms with Gasteiger partial charge in [0.25, 0.3) is 5.91 Å². The molecule has 2 heterocycles. The smallest absolute Gasteiger partial charge is 0.270 e. The van der Waals surface area contributed by atoms with Gasteiger partial charge >= 0.3 is 0 Å². The molecule has 3 aromatic carbocycles. The van der Waals surface area contributed by atoms with Gasteiger partial charge in [-0.25, -0.2) is 0 Å². The van der Waals surface area contributed by atoms with Gasteiger partial charge in [0.05, 0.1) is 13.2 Å². The van der Waals surface area contributed by atoms with Gasteiger partial charge in [-0.3, -0.25) is 4.79 Å². The van der Waals surface area contributed by atoms with Crippen molar-refractivity contribution in [2.24, 2.45) is 0 Å². The molecule has 1 amide bonds. The van der Waals surface area contributed by atoms with Gasteiger partial charge < -0.3 is 38.1 Å². The fraction of sp³-hybridized carbons (Fsp3) is 0.382. The summed E-state index contributed by atoms with van der Waals surface area (Å²) in [6.07, 6.45) is 0. The summed E-state index contributed by atoms with van der Waals surface area (Å²) in [5.41, 5.74) is 4.83. The van der Waals surface area contributed by atoms with Crippen molar-refractivity contribution in [2.45, 2.75) is 12.5 Å². The molecule has 0 N–H and O–H groups in total. The average molecular weight is 588 g/mol. The van der Waals surface area contributed by atoms with E-state index in [1.807, 2.05) is 41.3 Å². The Bertz CT molecular complexity index is 1430. The minimum atomic E-state index is -0.238. The van der Waals surface area contributed by atoms with Gasteiger partial charge in [-0.15, -0.1) is 0 Å². The zero-order valence-corrected chi connectivity index (χ0v) is 25.5. The van der Waals surface area contributed by atoms with Gasteiger partial charge in [0.2, 0.25) is 0 Å². The highest BCUT2D eigenvalue weighted by molar-refractivity contribution is 6.03. The summed E-state index contributed by atoms with van der Waals surface area (Å²) in [5.74, 6) is 1.22. The van der Waals surface area contributed by atoms with Gasteiger partial charge in [0, 0.05) is 62.8 Å². The summed E-state index contributed by atoms with van der Waals surface area (Å²) in [7, 11) is 7.31. The zero-order valence-electron chi connectivity index (χ0n) is 25.5. The van der Waals surface area contributed by atoms with E-state index in [1.165, 1.54) is 0 Å². The number of hydrogen-bond donors (Lipinski definition) is 0. The molecule has 1 fully saturated rings. The van der Waals surface area contributed by atoms with Crippen LogP contribution >= 0.6 is 0 Å². The molecule has 43 heavy (non-hydrogen) atoms. The minimum Gasteiger partial charge on any atom is -0.468 e. The van der Waals surface area contributed by atoms with Gasteiger partial charge in [-0.2, -0.15) is 0 Å². The van der Waals surface area contributed by atoms with Gasteiger partial charge in [-0.05, 0) is 55.6 Å². The SMILES string of the molecule is COCOc1ccc(C(c2ccc(OCOC)cc2)c2c(C(=O)N3CCOCC3)n(CCN(C)C)c3ccccc23)cc1. The van der Waals surface area contributed by atoms with Crippen molar-refractivity contribution in [2.75, 3.05) is 74.7 Å². The monoisotopic (exact) mass is 587 g/mol. The maximum absolute atomic E-state index is 14.5. The van der Waals surface area contributed by atoms with E-state index >= 15 is 0 Å². The van der Waals surface area contributed by atoms with Crippen LogP contribution in [0.15, 0.2) is 72.8 Å². The minimum absolute atomic E-state index is 0.0263. The zero-order chi connectivity index (χ0) is 30.2. The molecule has 0 atom stereocenters. The molecule has 9 heteroatoms. The third kappa shape index (κ3) is 7.02. The van der Waals surface area contributed by atoms with E-state index in [0.717, 1.165) is 39.8 Å². The molecule has 0 radical (unpaired) electrons. The molecule has 0 saturated carbocycles. The number of nitrogens with zero attached hydrogens (tertiary/aromatic N) is 3. The quantitative estimate of drug-likeness (QED) is 0.208. The number of morpholine rings is 1. The highest BCUT2D eigenvalue weighted by Gasteiger charge is 2.33. The number of aromatic nitrogens is 1. The van der Waals surface area contributed by atoms with Crippen LogP contribution in [0.3, 0.4) is 0 Å². The average Bonchev–Trinajstić information content (AvgIpc) is 3.37. The Morgan fingerprint density at radius 1 is 0.837 bits per heavy atom. The van der Waals surface area contributed by atoms with Crippen molar-refractivity contribution in [1.29, 1.82) is 0 Å². The van der Waals surface area contributed by atoms with Gasteiger partial charge in [0.1, 0.15) is 17.2 Å². The lowest BCUT2D eigenvalue weighted by molar-refractivity contribution is 0.0295. The number of carbonyl (C=O) groups excluding carboxylic acids is 1. The Morgan fingerprint density at radius 2 is 1.40 bits per heavy atom. The molecule has 4 aromatic rings. The Hall–Kier alpha value is -3.89. The summed E-state index contributed by atoms with van der Waals surface area (Å²) >= 11 is 0. The number of methoxy groups -OCH3 is 2. The standard InChI is InChI=1S/C34H41N3O6/c1-35(2)17-18-37-30-8-6-5-7-29(30)32(33(37)34(38)36-19-21-41-22-20-36)31(25-9-13-27(14-10-25)42-23-39-3)26-11-15-28(16-12-26)43-24-40-4/h5-16,31H,17-24H2,1-4H3. The fourth-order valence-corrected chi connectivity index (χ4v) is 5.59. The normalized spacial score (nSPS) is 13.7. The Morgan fingerprint density at radius 3 is 1.93 bits per heavy atom. The number of amides is 1. The number of carbonyl (C=O) groups is 1. The number of benzene rings is 3. The van der Waals surface area contributed by atoms with E-state index in [-0.39, 0.29) is 25.4 Å². The Labute approximate surface area is 253 Å². The number of likely N-dealkylation sites (N-methyl/N-ethyl adjacent to an activating group) is 1. The van der Waals surface area contributed by atoms with Crippen LogP contribution in [0.25, 0.3) is 10.9 Å². The first-order valence-electron chi connectivity index (χ1n) is 14.6. The molecular weight excluding hydrogens is 546 g/mol. The predicted octanol–water partition coefficient (Wildman–Crippen LogP) is 4.82. The molecular formula is C34H41N3O6. The van der Waals surface area contributed by atoms with Crippen molar-refractivity contribution in [3.8, 4) is 11.5 Å². The molecule has 1 aromatic heterocycles. The summed E-state index contributed by atoms with van der Waals surface area (Å²) < 4.78 is 29.4. The Kier molecular flexibility index (Phi) is 10.3. The first-order chi connectivity index (χ1) is 21.0. The number of hydrogen-bond acceptors (Lipinski definition) is 7. The van der Waals surface area contributed by atoms with Crippen molar-refractivity contribution in [3.05, 3.63) is 95.2 Å². The lowest BCUT2D eigenvalue weighted by atomic mass is 9.83. The van der Waals surface area contributed by atoms with E-state index in [1.54, 1.807) is 14.2 Å². The Balaban J connectivity index is 1.72. The van der Waals surface area contributed by atoms with Crippen molar-refractivity contribution >= 4 is 16.8 Å². The first kappa shape index (κ1) is 30.6. The second-order valence-electron chi connectivity index (χ2n) is 10.8. The number of ether oxygens (including phenoxy) is 5. The van der Waals surface area contributed by atoms with E-state index in [0.29, 0.717) is 44.3 Å². The molecule has 0 aliphatic carbocycles. The first-order valence-corrected chi connectivity index (χ1v) is 14.6. The lowest BCUT2D eigenvalue weighted by Crippen LogP contribution is -2.42. The topological polar surface area (TPSA) is 74.6 Å². The highest BCUT2D eigenvalue weighted by atomic mass is 16.7. The number of fused-ring (bicyclic) bond motifs is 1. The van der Waals surface area contributed by atoms with E-state index in [2.05, 4.69) is 60.0 Å². The van der Waals surface area contributed by atoms with Crippen LogP contribution in [-0.4, -0.2) is 95.0 Å². The molecule has 9 nitrogen and oxygen atoms in total. The molecule has 5 rings (SSSR count). The second kappa shape index (κ2) is 14.5. The summed E-state index contributed by atoms with van der Waals surface area (Å²) in [6, 6.07) is 24.4. The van der Waals surface area contributed by atoms with Crippen LogP contribution in [-0.2, 0) is 20.8 Å². The molecule has 0 bridgehead atoms. The van der Waals surface area contributed by atoms with Crippen LogP contribution in [0.1, 0.15) is 33.1 Å². The largest absolute Gasteiger partial charge is 0.468 e. The number of rotatable bonds is 13. The van der Waals surface area contributed by atoms with Crippen molar-refractivity contribution < 1.29 is 28.5 Å². The van der Waals surface area contributed by atoms with E-state index in [4.69, 9.17) is 23.7 Å². The maximum Gasteiger partial charge on any atom is 0.270 e. The van der Waals surface area contributed by atoms with Gasteiger partial charge in [-0.1, -0.05) is 42.5 Å². The molecule has 0 unspecified atom stereocenters. The summed E-state index contributed by atoms with van der Waals surface area (Å²) in [4.78, 5) is 18.6. The second-order valence-corrected chi connectivity index (χ2v) is 10.8. The molecule has 228 valence electrons. The third-order valence-electron chi connectivity index (χ3n) is 7.68. The molecule has 1 saturated heterocycles. The van der Waals surface area contributed by atoms with Crippen LogP contribution < -0.4 is 9.47 Å². The third-order valence-corrected chi connectivity index (χ3v) is 7.68. The van der Waals surface area contributed by atoms with Crippen LogP contribution in [0.5, 0.6) is 11.5 Å². The summed E-state index contributed by atoms with van der Waals surface area (Å²) in [6.45, 7) is 4.02. The predicted molar refractivity (Wildman–Crippen MR) is 166 cm³/mol. The van der Waals surface area contributed by atoms with E-state index in [9.17, 15) is 4.79 Å². The summed E-state index contributed by atoms with van der Waals surface area (Å²) in [5, 5.41) is 1.06. The van der Waals surface area contributed by atoms with Crippen molar-refractivity contribution in [1.82, 2.24) is 14.4 Å². The van der Waals surface area contributed by atoms with Crippen LogP contribution in [0.4, 0.5) is 0 Å². The highest BCUT2D eigenvalue weighted by Crippen LogP contribution is 2.41. The van der Waals surface area contributed by atoms with Crippen molar-refractivity contribution in [3.63, 3.8) is 0 Å². The fourth-order valence-electron chi connectivity index (χ4n) is 5.59. The van der Waals surface area contributed by atoms with Gasteiger partial charge in [0.15, 0.2) is 13.6 Å². The lowest BCUT2D eigenvalue weighted by Gasteiger charge is -2.29. The maximum atomic E-state index is 14.5. The molecule has 1 aliphatic heterocycles. The molecule has 0 spiro atoms. The van der Waals surface area contributed by atoms with Crippen LogP contribution in [0.2, 0.25) is 0 Å².